The van der Waals surface area contributed by atoms with Crippen molar-refractivity contribution in [1.29, 1.82) is 0 Å². The topological polar surface area (TPSA) is 24.7 Å². The second kappa shape index (κ2) is 4.51. The van der Waals surface area contributed by atoms with Gasteiger partial charge in [-0.25, -0.2) is 0 Å². The number of hydrogen-bond donors (Lipinski definition) is 0. The van der Waals surface area contributed by atoms with Gasteiger partial charge in [-0.05, 0) is 31.1 Å². The third-order valence-corrected chi connectivity index (χ3v) is 2.04. The SMILES string of the molecule is C1=CCCC(N=Nc2ccccc2)=C1. The zero-order chi connectivity index (χ0) is 9.64. The molecular formula is C12H12N2. The second-order valence-electron chi connectivity index (χ2n) is 3.16. The lowest BCUT2D eigenvalue weighted by atomic mass is 10.1. The van der Waals surface area contributed by atoms with E-state index in [1.165, 1.54) is 0 Å². The molecule has 0 fully saturated rings. The predicted molar refractivity (Wildman–Crippen MR) is 57.4 cm³/mol. The van der Waals surface area contributed by atoms with Crippen LogP contribution in [-0.2, 0) is 0 Å². The molecule has 1 aliphatic rings. The smallest absolute Gasteiger partial charge is 0.0856 e. The average molecular weight is 184 g/mol. The summed E-state index contributed by atoms with van der Waals surface area (Å²) in [5.41, 5.74) is 1.96. The van der Waals surface area contributed by atoms with Gasteiger partial charge in [-0.1, -0.05) is 30.4 Å². The zero-order valence-electron chi connectivity index (χ0n) is 7.93. The van der Waals surface area contributed by atoms with Gasteiger partial charge in [0, 0.05) is 0 Å². The molecule has 2 nitrogen and oxygen atoms in total. The van der Waals surface area contributed by atoms with E-state index in [1.807, 2.05) is 42.5 Å². The first-order chi connectivity index (χ1) is 6.95. The van der Waals surface area contributed by atoms with Crippen molar-refractivity contribution in [2.45, 2.75) is 12.8 Å². The average Bonchev–Trinajstić information content (AvgIpc) is 2.29. The maximum Gasteiger partial charge on any atom is 0.0856 e. The zero-order valence-corrected chi connectivity index (χ0v) is 7.93. The van der Waals surface area contributed by atoms with Crippen LogP contribution in [0.3, 0.4) is 0 Å². The molecule has 0 radical (unpaired) electrons. The number of azo groups is 1. The van der Waals surface area contributed by atoms with Crippen LogP contribution in [0.15, 0.2) is 64.5 Å². The molecular weight excluding hydrogens is 172 g/mol. The fraction of sp³-hybridized carbons (Fsp3) is 0.167. The normalized spacial score (nSPS) is 15.9. The van der Waals surface area contributed by atoms with Gasteiger partial charge in [0.05, 0.1) is 11.4 Å². The van der Waals surface area contributed by atoms with Gasteiger partial charge in [-0.15, -0.1) is 0 Å². The molecule has 0 heterocycles. The monoisotopic (exact) mass is 184 g/mol. The Hall–Kier alpha value is -1.70. The van der Waals surface area contributed by atoms with Gasteiger partial charge < -0.3 is 0 Å². The van der Waals surface area contributed by atoms with Crippen LogP contribution in [0, 0.1) is 0 Å². The van der Waals surface area contributed by atoms with Gasteiger partial charge in [0.25, 0.3) is 0 Å². The third-order valence-electron chi connectivity index (χ3n) is 2.04. The highest BCUT2D eigenvalue weighted by Gasteiger charge is 1.96. The minimum absolute atomic E-state index is 0.906. The lowest BCUT2D eigenvalue weighted by molar-refractivity contribution is 0.912. The van der Waals surface area contributed by atoms with Crippen molar-refractivity contribution >= 4 is 5.69 Å². The first-order valence-corrected chi connectivity index (χ1v) is 4.78. The lowest BCUT2D eigenvalue weighted by Gasteiger charge is -2.00. The maximum absolute atomic E-state index is 4.19. The molecule has 1 aliphatic carbocycles. The second-order valence-corrected chi connectivity index (χ2v) is 3.16. The Labute approximate surface area is 83.7 Å². The summed E-state index contributed by atoms with van der Waals surface area (Å²) in [4.78, 5) is 0. The minimum atomic E-state index is 0.906. The molecule has 0 bridgehead atoms. The van der Waals surface area contributed by atoms with Gasteiger partial charge in [-0.3, -0.25) is 0 Å². The Morgan fingerprint density at radius 3 is 2.57 bits per heavy atom. The molecule has 1 aromatic carbocycles. The van der Waals surface area contributed by atoms with E-state index in [9.17, 15) is 0 Å². The van der Waals surface area contributed by atoms with Crippen LogP contribution in [0.4, 0.5) is 5.69 Å². The summed E-state index contributed by atoms with van der Waals surface area (Å²) in [6, 6.07) is 9.79. The van der Waals surface area contributed by atoms with Gasteiger partial charge in [-0.2, -0.15) is 10.2 Å². The van der Waals surface area contributed by atoms with E-state index in [0.717, 1.165) is 24.2 Å². The highest BCUT2D eigenvalue weighted by atomic mass is 15.1. The molecule has 70 valence electrons. The molecule has 0 amide bonds. The standard InChI is InChI=1S/C12H12N2/c1-3-7-11(8-4-1)13-14-12-9-5-2-6-10-12/h1-5,7-9H,6,10H2. The fourth-order valence-corrected chi connectivity index (χ4v) is 1.29. The third kappa shape index (κ3) is 2.39. The first kappa shape index (κ1) is 8.88. The Balaban J connectivity index is 2.07. The molecule has 0 aliphatic heterocycles. The Morgan fingerprint density at radius 1 is 1.00 bits per heavy atom. The highest BCUT2D eigenvalue weighted by Crippen LogP contribution is 2.17. The molecule has 2 rings (SSSR count). The largest absolute Gasteiger partial charge is 0.155 e. The van der Waals surface area contributed by atoms with Crippen LogP contribution in [0.25, 0.3) is 0 Å². The molecule has 2 heteroatoms. The summed E-state index contributed by atoms with van der Waals surface area (Å²) < 4.78 is 0. The van der Waals surface area contributed by atoms with Crippen molar-refractivity contribution in [2.75, 3.05) is 0 Å². The van der Waals surface area contributed by atoms with Crippen LogP contribution in [0.1, 0.15) is 12.8 Å². The van der Waals surface area contributed by atoms with Crippen LogP contribution in [0.2, 0.25) is 0 Å². The molecule has 0 unspecified atom stereocenters. The summed E-state index contributed by atoms with van der Waals surface area (Å²) >= 11 is 0. The van der Waals surface area contributed by atoms with E-state index in [-0.39, 0.29) is 0 Å². The Morgan fingerprint density at radius 2 is 1.86 bits per heavy atom. The van der Waals surface area contributed by atoms with Crippen molar-refractivity contribution in [3.63, 3.8) is 0 Å². The quantitative estimate of drug-likeness (QED) is 0.620. The van der Waals surface area contributed by atoms with E-state index < -0.39 is 0 Å². The van der Waals surface area contributed by atoms with Crippen molar-refractivity contribution in [2.24, 2.45) is 10.2 Å². The number of hydrogen-bond acceptors (Lipinski definition) is 2. The number of rotatable bonds is 2. The molecule has 14 heavy (non-hydrogen) atoms. The van der Waals surface area contributed by atoms with Crippen molar-refractivity contribution in [1.82, 2.24) is 0 Å². The summed E-state index contributed by atoms with van der Waals surface area (Å²) in [6.07, 6.45) is 8.24. The Bertz CT molecular complexity index is 375. The van der Waals surface area contributed by atoms with Crippen LogP contribution >= 0.6 is 0 Å². The minimum Gasteiger partial charge on any atom is -0.155 e. The number of allylic oxidation sites excluding steroid dienone is 4. The van der Waals surface area contributed by atoms with E-state index in [1.54, 1.807) is 0 Å². The molecule has 0 N–H and O–H groups in total. The van der Waals surface area contributed by atoms with Gasteiger partial charge in [0.15, 0.2) is 0 Å². The van der Waals surface area contributed by atoms with E-state index >= 15 is 0 Å². The van der Waals surface area contributed by atoms with Crippen molar-refractivity contribution in [3.8, 4) is 0 Å². The predicted octanol–water partition coefficient (Wildman–Crippen LogP) is 4.00. The number of benzene rings is 1. The highest BCUT2D eigenvalue weighted by molar-refractivity contribution is 5.35. The first-order valence-electron chi connectivity index (χ1n) is 4.78. The molecule has 0 atom stereocenters. The van der Waals surface area contributed by atoms with Crippen molar-refractivity contribution < 1.29 is 0 Å². The van der Waals surface area contributed by atoms with E-state index in [2.05, 4.69) is 16.3 Å². The van der Waals surface area contributed by atoms with Gasteiger partial charge in [0.2, 0.25) is 0 Å². The summed E-state index contributed by atoms with van der Waals surface area (Å²) in [5, 5.41) is 8.34. The molecule has 0 aromatic heterocycles. The van der Waals surface area contributed by atoms with E-state index in [0.29, 0.717) is 0 Å². The van der Waals surface area contributed by atoms with Gasteiger partial charge in [0.1, 0.15) is 0 Å². The fourth-order valence-electron chi connectivity index (χ4n) is 1.29. The summed E-state index contributed by atoms with van der Waals surface area (Å²) in [6.45, 7) is 0. The molecule has 0 saturated heterocycles. The molecule has 1 aromatic rings. The summed E-state index contributed by atoms with van der Waals surface area (Å²) in [7, 11) is 0. The van der Waals surface area contributed by atoms with Crippen LogP contribution in [0.5, 0.6) is 0 Å². The maximum atomic E-state index is 4.19. The lowest BCUT2D eigenvalue weighted by Crippen LogP contribution is -1.81. The van der Waals surface area contributed by atoms with Gasteiger partial charge >= 0.3 is 0 Å². The van der Waals surface area contributed by atoms with E-state index in [4.69, 9.17) is 0 Å². The van der Waals surface area contributed by atoms with Crippen LogP contribution in [-0.4, -0.2) is 0 Å². The Kier molecular flexibility index (Phi) is 2.86. The van der Waals surface area contributed by atoms with Crippen LogP contribution < -0.4 is 0 Å². The number of nitrogens with zero attached hydrogens (tertiary/aromatic N) is 2. The molecule has 0 saturated carbocycles. The van der Waals surface area contributed by atoms with Crippen molar-refractivity contribution in [3.05, 3.63) is 54.3 Å². The summed E-state index contributed by atoms with van der Waals surface area (Å²) in [5.74, 6) is 0. The molecule has 0 spiro atoms.